The smallest absolute Gasteiger partial charge is 0.159 e. The fourth-order valence-electron chi connectivity index (χ4n) is 1.61. The first kappa shape index (κ1) is 13.0. The molecule has 3 N–H and O–H groups in total. The number of nitrogens with two attached hydrogens (primary N) is 1. The lowest BCUT2D eigenvalue weighted by Crippen LogP contribution is -2.15. The van der Waals surface area contributed by atoms with Gasteiger partial charge in [0, 0.05) is 22.8 Å². The van der Waals surface area contributed by atoms with Crippen LogP contribution in [0.2, 0.25) is 5.02 Å². The summed E-state index contributed by atoms with van der Waals surface area (Å²) in [6, 6.07) is 9.21. The maximum absolute atomic E-state index is 9.70. The summed E-state index contributed by atoms with van der Waals surface area (Å²) in [4.78, 5) is 8.50. The third-order valence-electron chi connectivity index (χ3n) is 2.53. The zero-order valence-electron chi connectivity index (χ0n) is 9.97. The Morgan fingerprint density at radius 1 is 1.28 bits per heavy atom. The van der Waals surface area contributed by atoms with Gasteiger partial charge in [0.25, 0.3) is 0 Å². The molecule has 0 bridgehead atoms. The van der Waals surface area contributed by atoms with Crippen molar-refractivity contribution in [1.82, 2.24) is 9.97 Å². The quantitative estimate of drug-likeness (QED) is 0.890. The Bertz CT molecular complexity index is 542. The molecule has 0 aliphatic heterocycles. The van der Waals surface area contributed by atoms with Crippen LogP contribution in [0.25, 0.3) is 11.3 Å². The molecule has 0 saturated heterocycles. The van der Waals surface area contributed by atoms with Crippen LogP contribution in [-0.4, -0.2) is 21.6 Å². The number of halogens is 1. The van der Waals surface area contributed by atoms with E-state index in [1.54, 1.807) is 12.1 Å². The predicted octanol–water partition coefficient (Wildman–Crippen LogP) is 2.10. The highest BCUT2D eigenvalue weighted by Crippen LogP contribution is 2.21. The van der Waals surface area contributed by atoms with Crippen molar-refractivity contribution < 1.29 is 5.11 Å². The first-order valence-corrected chi connectivity index (χ1v) is 5.97. The summed E-state index contributed by atoms with van der Waals surface area (Å²) in [5, 5.41) is 10.4. The van der Waals surface area contributed by atoms with Crippen molar-refractivity contribution in [3.8, 4) is 11.3 Å². The van der Waals surface area contributed by atoms with Gasteiger partial charge in [0.2, 0.25) is 0 Å². The molecule has 1 aromatic heterocycles. The molecule has 1 unspecified atom stereocenters. The van der Waals surface area contributed by atoms with E-state index in [1.165, 1.54) is 0 Å². The lowest BCUT2D eigenvalue weighted by molar-refractivity contribution is 0.176. The predicted molar refractivity (Wildman–Crippen MR) is 71.2 cm³/mol. The molecule has 2 aromatic rings. The van der Waals surface area contributed by atoms with Crippen molar-refractivity contribution in [3.05, 3.63) is 46.9 Å². The van der Waals surface area contributed by atoms with Gasteiger partial charge in [-0.15, -0.1) is 0 Å². The Labute approximate surface area is 110 Å². The molecule has 1 atom stereocenters. The van der Waals surface area contributed by atoms with E-state index in [0.29, 0.717) is 10.8 Å². The molecule has 4 nitrogen and oxygen atoms in total. The van der Waals surface area contributed by atoms with E-state index < -0.39 is 6.10 Å². The Kier molecular flexibility index (Phi) is 3.91. The van der Waals surface area contributed by atoms with Crippen molar-refractivity contribution in [3.63, 3.8) is 0 Å². The van der Waals surface area contributed by atoms with Gasteiger partial charge in [-0.05, 0) is 25.1 Å². The zero-order chi connectivity index (χ0) is 13.1. The molecule has 2 rings (SSSR count). The van der Waals surface area contributed by atoms with Crippen LogP contribution >= 0.6 is 11.6 Å². The minimum Gasteiger partial charge on any atom is -0.384 e. The number of nitrogens with zero attached hydrogens (tertiary/aromatic N) is 2. The normalized spacial score (nSPS) is 12.4. The number of aryl methyl sites for hydroxylation is 1. The summed E-state index contributed by atoms with van der Waals surface area (Å²) in [6.07, 6.45) is -0.837. The van der Waals surface area contributed by atoms with Crippen LogP contribution in [0.5, 0.6) is 0 Å². The van der Waals surface area contributed by atoms with Crippen LogP contribution in [0.3, 0.4) is 0 Å². The summed E-state index contributed by atoms with van der Waals surface area (Å²) in [5.41, 5.74) is 7.88. The molecular weight excluding hydrogens is 250 g/mol. The highest BCUT2D eigenvalue weighted by atomic mass is 35.5. The average Bonchev–Trinajstić information content (AvgIpc) is 2.38. The summed E-state index contributed by atoms with van der Waals surface area (Å²) in [6.45, 7) is 1.96. The molecule has 1 heterocycles. The molecule has 0 saturated carbocycles. The van der Waals surface area contributed by atoms with E-state index in [4.69, 9.17) is 17.3 Å². The summed E-state index contributed by atoms with van der Waals surface area (Å²) in [7, 11) is 0. The Balaban J connectivity index is 2.44. The molecule has 18 heavy (non-hydrogen) atoms. The van der Waals surface area contributed by atoms with Gasteiger partial charge in [-0.1, -0.05) is 23.7 Å². The molecule has 0 spiro atoms. The number of aliphatic hydroxyl groups excluding tert-OH is 1. The highest BCUT2D eigenvalue weighted by Gasteiger charge is 2.11. The number of aromatic nitrogens is 2. The molecule has 0 fully saturated rings. The van der Waals surface area contributed by atoms with Gasteiger partial charge < -0.3 is 10.8 Å². The molecule has 94 valence electrons. The molecule has 0 radical (unpaired) electrons. The molecule has 0 aliphatic rings. The Hall–Kier alpha value is -1.49. The van der Waals surface area contributed by atoms with Crippen LogP contribution in [0.1, 0.15) is 17.6 Å². The average molecular weight is 264 g/mol. The second-order valence-corrected chi connectivity index (χ2v) is 4.45. The second kappa shape index (κ2) is 5.44. The first-order chi connectivity index (χ1) is 8.60. The number of aliphatic hydroxyl groups is 1. The molecule has 0 amide bonds. The van der Waals surface area contributed by atoms with Crippen molar-refractivity contribution >= 4 is 11.6 Å². The van der Waals surface area contributed by atoms with Crippen molar-refractivity contribution in [1.29, 1.82) is 0 Å². The monoisotopic (exact) mass is 263 g/mol. The summed E-state index contributed by atoms with van der Waals surface area (Å²) in [5.74, 6) is 0.349. The van der Waals surface area contributed by atoms with Gasteiger partial charge in [-0.2, -0.15) is 0 Å². The molecule has 1 aromatic carbocycles. The fourth-order valence-corrected chi connectivity index (χ4v) is 1.74. The third kappa shape index (κ3) is 2.85. The van der Waals surface area contributed by atoms with Gasteiger partial charge >= 0.3 is 0 Å². The minimum absolute atomic E-state index is 0.101. The van der Waals surface area contributed by atoms with Crippen LogP contribution in [0, 0.1) is 6.92 Å². The third-order valence-corrected chi connectivity index (χ3v) is 2.78. The topological polar surface area (TPSA) is 72.0 Å². The van der Waals surface area contributed by atoms with Crippen molar-refractivity contribution in [2.45, 2.75) is 13.0 Å². The van der Waals surface area contributed by atoms with Crippen LogP contribution in [0.4, 0.5) is 0 Å². The van der Waals surface area contributed by atoms with Gasteiger partial charge in [0.1, 0.15) is 6.10 Å². The van der Waals surface area contributed by atoms with Crippen LogP contribution in [0.15, 0.2) is 30.3 Å². The van der Waals surface area contributed by atoms with Crippen LogP contribution < -0.4 is 5.73 Å². The van der Waals surface area contributed by atoms with Crippen molar-refractivity contribution in [2.75, 3.05) is 6.54 Å². The van der Waals surface area contributed by atoms with Crippen molar-refractivity contribution in [2.24, 2.45) is 5.73 Å². The lowest BCUT2D eigenvalue weighted by atomic mass is 10.1. The molecule has 0 aliphatic carbocycles. The summed E-state index contributed by atoms with van der Waals surface area (Å²) >= 11 is 5.85. The van der Waals surface area contributed by atoms with E-state index in [2.05, 4.69) is 9.97 Å². The van der Waals surface area contributed by atoms with E-state index in [9.17, 15) is 5.11 Å². The van der Waals surface area contributed by atoms with Gasteiger partial charge in [0.05, 0.1) is 5.69 Å². The number of hydrogen-bond donors (Lipinski definition) is 2. The van der Waals surface area contributed by atoms with Gasteiger partial charge in [-0.25, -0.2) is 9.97 Å². The molecule has 5 heteroatoms. The highest BCUT2D eigenvalue weighted by molar-refractivity contribution is 6.30. The number of benzene rings is 1. The van der Waals surface area contributed by atoms with E-state index >= 15 is 0 Å². The number of hydrogen-bond acceptors (Lipinski definition) is 4. The maximum atomic E-state index is 9.70. The van der Waals surface area contributed by atoms with Crippen LogP contribution in [-0.2, 0) is 0 Å². The SMILES string of the molecule is Cc1cc(-c2ccc(Cl)cc2)nc(C(O)CN)n1. The molecular formula is C13H14ClN3O. The Morgan fingerprint density at radius 2 is 1.94 bits per heavy atom. The largest absolute Gasteiger partial charge is 0.384 e. The second-order valence-electron chi connectivity index (χ2n) is 4.01. The zero-order valence-corrected chi connectivity index (χ0v) is 10.7. The first-order valence-electron chi connectivity index (χ1n) is 5.60. The minimum atomic E-state index is -0.837. The van der Waals surface area contributed by atoms with E-state index in [1.807, 2.05) is 25.1 Å². The van der Waals surface area contributed by atoms with Gasteiger partial charge in [-0.3, -0.25) is 0 Å². The number of rotatable bonds is 3. The Morgan fingerprint density at radius 3 is 2.56 bits per heavy atom. The maximum Gasteiger partial charge on any atom is 0.159 e. The van der Waals surface area contributed by atoms with E-state index in [0.717, 1.165) is 17.0 Å². The lowest BCUT2D eigenvalue weighted by Gasteiger charge is -2.09. The fraction of sp³-hybridized carbons (Fsp3) is 0.231. The summed E-state index contributed by atoms with van der Waals surface area (Å²) < 4.78 is 0. The standard InChI is InChI=1S/C13H14ClN3O/c1-8-6-11(9-2-4-10(14)5-3-9)17-13(16-8)12(18)7-15/h2-6,12,18H,7,15H2,1H3. The van der Waals surface area contributed by atoms with Gasteiger partial charge in [0.15, 0.2) is 5.82 Å². The van der Waals surface area contributed by atoms with E-state index in [-0.39, 0.29) is 6.54 Å².